The lowest BCUT2D eigenvalue weighted by Crippen LogP contribution is -2.64. The van der Waals surface area contributed by atoms with E-state index in [0.29, 0.717) is 24.7 Å². The number of rotatable bonds is 10. The van der Waals surface area contributed by atoms with E-state index in [1.807, 2.05) is 6.08 Å². The first-order chi connectivity index (χ1) is 14.9. The van der Waals surface area contributed by atoms with Crippen molar-refractivity contribution in [1.29, 1.82) is 0 Å². The van der Waals surface area contributed by atoms with E-state index in [1.165, 1.54) is 24.8 Å². The molecule has 0 radical (unpaired) electrons. The summed E-state index contributed by atoms with van der Waals surface area (Å²) in [7, 11) is 1.75. The van der Waals surface area contributed by atoms with E-state index in [-0.39, 0.29) is 18.3 Å². The molecule has 176 valence electrons. The van der Waals surface area contributed by atoms with Gasteiger partial charge in [-0.15, -0.1) is 0 Å². The van der Waals surface area contributed by atoms with Crippen LogP contribution in [0, 0.1) is 23.7 Å². The minimum Gasteiger partial charge on any atom is -0.481 e. The zero-order valence-electron chi connectivity index (χ0n) is 19.3. The van der Waals surface area contributed by atoms with Crippen molar-refractivity contribution in [2.24, 2.45) is 23.7 Å². The molecule has 3 saturated carbocycles. The smallest absolute Gasteiger partial charge is 0.303 e. The molecule has 0 saturated heterocycles. The number of carboxylic acid groups (broad SMARTS) is 1. The number of hydrogen-bond acceptors (Lipinski definition) is 4. The number of aliphatic hydroxyl groups excluding tert-OH is 2. The third kappa shape index (κ3) is 5.26. The Morgan fingerprint density at radius 2 is 2.00 bits per heavy atom. The maximum absolute atomic E-state index is 11.0. The Labute approximate surface area is 187 Å². The lowest BCUT2D eigenvalue weighted by Gasteiger charge is -2.63. The van der Waals surface area contributed by atoms with Crippen LogP contribution < -0.4 is 0 Å². The van der Waals surface area contributed by atoms with Gasteiger partial charge in [0.1, 0.15) is 0 Å². The summed E-state index contributed by atoms with van der Waals surface area (Å²) in [4.78, 5) is 11.0. The summed E-state index contributed by atoms with van der Waals surface area (Å²) >= 11 is 0. The Morgan fingerprint density at radius 3 is 2.65 bits per heavy atom. The normalized spacial score (nSPS) is 36.3. The number of unbranched alkanes of at least 4 members (excludes halogenated alkanes) is 1. The largest absolute Gasteiger partial charge is 0.481 e. The van der Waals surface area contributed by atoms with Crippen LogP contribution in [0.2, 0.25) is 0 Å². The fraction of sp³-hybridized carbons (Fsp3) is 0.808. The van der Waals surface area contributed by atoms with Crippen LogP contribution in [0.3, 0.4) is 0 Å². The lowest BCUT2D eigenvalue weighted by molar-refractivity contribution is -0.169. The predicted octanol–water partition coefficient (Wildman–Crippen LogP) is 4.87. The van der Waals surface area contributed by atoms with E-state index in [0.717, 1.165) is 38.5 Å². The van der Waals surface area contributed by atoms with Gasteiger partial charge in [-0.3, -0.25) is 4.79 Å². The zero-order chi connectivity index (χ0) is 22.4. The number of methoxy groups -OCH3 is 1. The van der Waals surface area contributed by atoms with Gasteiger partial charge in [-0.2, -0.15) is 0 Å². The molecule has 0 aliphatic heterocycles. The quantitative estimate of drug-likeness (QED) is 0.427. The van der Waals surface area contributed by atoms with Gasteiger partial charge in [0, 0.05) is 25.4 Å². The number of hydrogen-bond donors (Lipinski definition) is 3. The van der Waals surface area contributed by atoms with Crippen molar-refractivity contribution in [3.8, 4) is 0 Å². The van der Waals surface area contributed by atoms with Gasteiger partial charge in [-0.25, -0.2) is 0 Å². The van der Waals surface area contributed by atoms with Gasteiger partial charge in [-0.05, 0) is 55.9 Å². The van der Waals surface area contributed by atoms with Crippen LogP contribution in [-0.2, 0) is 9.53 Å². The first kappa shape index (κ1) is 24.5. The van der Waals surface area contributed by atoms with Crippen molar-refractivity contribution in [3.63, 3.8) is 0 Å². The highest BCUT2D eigenvalue weighted by molar-refractivity contribution is 5.66. The van der Waals surface area contributed by atoms with E-state index < -0.39 is 23.8 Å². The molecule has 6 atom stereocenters. The van der Waals surface area contributed by atoms with Crippen molar-refractivity contribution in [2.75, 3.05) is 7.11 Å². The second-order valence-electron chi connectivity index (χ2n) is 9.92. The average molecular weight is 435 g/mol. The topological polar surface area (TPSA) is 87.0 Å². The number of aliphatic hydroxyl groups is 2. The molecule has 2 unspecified atom stereocenters. The van der Waals surface area contributed by atoms with Crippen LogP contribution >= 0.6 is 0 Å². The van der Waals surface area contributed by atoms with Crippen molar-refractivity contribution in [2.45, 2.75) is 102 Å². The molecule has 0 spiro atoms. The van der Waals surface area contributed by atoms with E-state index in [4.69, 9.17) is 9.84 Å². The summed E-state index contributed by atoms with van der Waals surface area (Å²) in [5, 5.41) is 30.7. The van der Waals surface area contributed by atoms with Crippen molar-refractivity contribution in [3.05, 3.63) is 23.8 Å². The molecule has 0 aromatic rings. The van der Waals surface area contributed by atoms with Gasteiger partial charge in [0.2, 0.25) is 0 Å². The van der Waals surface area contributed by atoms with E-state index in [1.54, 1.807) is 7.11 Å². The Kier molecular flexibility index (Phi) is 8.77. The summed E-state index contributed by atoms with van der Waals surface area (Å²) in [5.41, 5.74) is 0.842. The van der Waals surface area contributed by atoms with Gasteiger partial charge in [-0.1, -0.05) is 57.3 Å². The minimum absolute atomic E-state index is 0.0366. The summed E-state index contributed by atoms with van der Waals surface area (Å²) in [6.45, 7) is 2.18. The van der Waals surface area contributed by atoms with Crippen LogP contribution in [-0.4, -0.2) is 46.2 Å². The molecule has 0 bridgehead atoms. The molecule has 0 heterocycles. The first-order valence-corrected chi connectivity index (χ1v) is 12.5. The third-order valence-corrected chi connectivity index (χ3v) is 8.15. The Bertz CT molecular complexity index is 650. The van der Waals surface area contributed by atoms with Gasteiger partial charge in [0.15, 0.2) is 0 Å². The highest BCUT2D eigenvalue weighted by Crippen LogP contribution is 2.62. The number of fused-ring (bicyclic) bond motifs is 1. The van der Waals surface area contributed by atoms with Crippen LogP contribution in [0.4, 0.5) is 0 Å². The van der Waals surface area contributed by atoms with E-state index >= 15 is 0 Å². The molecule has 3 fully saturated rings. The Morgan fingerprint density at radius 1 is 1.26 bits per heavy atom. The molecule has 5 nitrogen and oxygen atoms in total. The van der Waals surface area contributed by atoms with Crippen molar-refractivity contribution >= 4 is 5.97 Å². The minimum atomic E-state index is -0.777. The maximum atomic E-state index is 11.0. The van der Waals surface area contributed by atoms with Crippen LogP contribution in [0.25, 0.3) is 0 Å². The molecule has 5 heteroatoms. The van der Waals surface area contributed by atoms with Gasteiger partial charge in [0.05, 0.1) is 17.8 Å². The molecular formula is C26H42O5. The number of carbonyl (C=O) groups is 1. The zero-order valence-corrected chi connectivity index (χ0v) is 19.3. The molecule has 3 aliphatic rings. The highest BCUT2D eigenvalue weighted by Gasteiger charge is 2.63. The van der Waals surface area contributed by atoms with Crippen LogP contribution in [0.5, 0.6) is 0 Å². The van der Waals surface area contributed by atoms with E-state index in [9.17, 15) is 15.0 Å². The second-order valence-corrected chi connectivity index (χ2v) is 9.92. The number of ether oxygens (including phenoxy) is 1. The summed E-state index contributed by atoms with van der Waals surface area (Å²) in [6, 6.07) is 0. The number of carboxylic acids is 1. The van der Waals surface area contributed by atoms with Gasteiger partial charge >= 0.3 is 5.97 Å². The summed E-state index contributed by atoms with van der Waals surface area (Å²) in [5.74, 6) is 0.0109. The molecule has 3 rings (SSSR count). The van der Waals surface area contributed by atoms with Crippen molar-refractivity contribution < 1.29 is 24.9 Å². The molecular weight excluding hydrogens is 392 g/mol. The average Bonchev–Trinajstić information content (AvgIpc) is 2.77. The van der Waals surface area contributed by atoms with E-state index in [2.05, 4.69) is 19.1 Å². The third-order valence-electron chi connectivity index (χ3n) is 8.15. The van der Waals surface area contributed by atoms with Crippen molar-refractivity contribution in [1.82, 2.24) is 0 Å². The number of allylic oxidation sites excluding steroid dienone is 1. The SMILES string of the molecule is CCCCC1C(=CCCC(=O)O)[C@]2(OC)CC[C@H](O)[C@@H](C=CC(O)C3CCCCC3)[C@H]12. The summed E-state index contributed by atoms with van der Waals surface area (Å²) in [6.07, 6.45) is 16.4. The fourth-order valence-corrected chi connectivity index (χ4v) is 6.53. The fourth-order valence-electron chi connectivity index (χ4n) is 6.53. The van der Waals surface area contributed by atoms with Gasteiger partial charge < -0.3 is 20.1 Å². The van der Waals surface area contributed by atoms with Gasteiger partial charge in [0.25, 0.3) is 0 Å². The molecule has 3 N–H and O–H groups in total. The Hall–Kier alpha value is -1.17. The molecule has 3 aliphatic carbocycles. The standard InChI is InChI=1S/C26H42O5/c1-3-4-11-19-21(12-8-13-24(29)30)26(31-2)17-16-23(28)20(25(19)26)14-15-22(27)18-9-6-5-7-10-18/h12,14-15,18-20,22-23,25,27-28H,3-11,13,16-17H2,1-2H3,(H,29,30)/t19?,20-,22?,23+,25+,26-/m1/s1. The summed E-state index contributed by atoms with van der Waals surface area (Å²) < 4.78 is 6.14. The highest BCUT2D eigenvalue weighted by atomic mass is 16.5. The number of aliphatic carboxylic acids is 1. The predicted molar refractivity (Wildman–Crippen MR) is 122 cm³/mol. The lowest BCUT2D eigenvalue weighted by atomic mass is 9.47. The molecule has 0 amide bonds. The molecule has 0 aromatic carbocycles. The maximum Gasteiger partial charge on any atom is 0.303 e. The van der Waals surface area contributed by atoms with Crippen LogP contribution in [0.1, 0.15) is 84.0 Å². The second kappa shape index (κ2) is 11.1. The van der Waals surface area contributed by atoms with Crippen LogP contribution in [0.15, 0.2) is 23.8 Å². The first-order valence-electron chi connectivity index (χ1n) is 12.5. The Balaban J connectivity index is 1.81. The monoisotopic (exact) mass is 434 g/mol. The molecule has 0 aromatic heterocycles. The molecule has 31 heavy (non-hydrogen) atoms.